The van der Waals surface area contributed by atoms with Gasteiger partial charge in [0.05, 0.1) is 12.3 Å². The number of aromatic nitrogens is 2. The lowest BCUT2D eigenvalue weighted by Crippen LogP contribution is -2.24. The van der Waals surface area contributed by atoms with Crippen molar-refractivity contribution in [2.45, 2.75) is 13.0 Å². The molecule has 0 aliphatic rings. The normalized spacial score (nSPS) is 11.8. The fourth-order valence-corrected chi connectivity index (χ4v) is 1.00. The van der Waals surface area contributed by atoms with Gasteiger partial charge in [-0.05, 0) is 6.92 Å². The molecule has 1 unspecified atom stereocenters. The van der Waals surface area contributed by atoms with Crippen molar-refractivity contribution >= 4 is 0 Å². The molecular weight excluding hydrogens is 196 g/mol. The Morgan fingerprint density at radius 2 is 2.53 bits per heavy atom. The van der Waals surface area contributed by atoms with Crippen LogP contribution in [-0.2, 0) is 0 Å². The van der Waals surface area contributed by atoms with Gasteiger partial charge in [0.25, 0.3) is 5.56 Å². The Morgan fingerprint density at radius 1 is 1.80 bits per heavy atom. The molecule has 0 amide bonds. The summed E-state index contributed by atoms with van der Waals surface area (Å²) in [4.78, 5) is 11.4. The van der Waals surface area contributed by atoms with E-state index in [1.807, 2.05) is 6.07 Å². The molecule has 0 saturated heterocycles. The topological polar surface area (TPSA) is 93.9 Å². The maximum atomic E-state index is 11.4. The van der Waals surface area contributed by atoms with E-state index >= 15 is 0 Å². The Morgan fingerprint density at radius 3 is 3.07 bits per heavy atom. The van der Waals surface area contributed by atoms with Gasteiger partial charge in [0.2, 0.25) is 0 Å². The first-order valence-corrected chi connectivity index (χ1v) is 4.50. The van der Waals surface area contributed by atoms with Crippen LogP contribution in [0.4, 0.5) is 0 Å². The number of ether oxygens (including phenoxy) is 1. The van der Waals surface area contributed by atoms with E-state index in [0.29, 0.717) is 18.9 Å². The van der Waals surface area contributed by atoms with E-state index in [2.05, 4.69) is 5.10 Å². The number of nitriles is 1. The van der Waals surface area contributed by atoms with Crippen LogP contribution in [0.3, 0.4) is 0 Å². The van der Waals surface area contributed by atoms with Crippen LogP contribution >= 0.6 is 0 Å². The maximum Gasteiger partial charge on any atom is 0.271 e. The molecule has 1 heterocycles. The molecule has 80 valence electrons. The molecule has 0 aromatic carbocycles. The fourth-order valence-electron chi connectivity index (χ4n) is 1.00. The highest BCUT2D eigenvalue weighted by Gasteiger charge is 2.06. The van der Waals surface area contributed by atoms with E-state index < -0.39 is 6.04 Å². The molecule has 0 aliphatic carbocycles. The van der Waals surface area contributed by atoms with Crippen molar-refractivity contribution in [3.8, 4) is 11.8 Å². The molecule has 6 heteroatoms. The molecule has 1 rings (SSSR count). The second-order valence-corrected chi connectivity index (χ2v) is 2.92. The van der Waals surface area contributed by atoms with E-state index in [4.69, 9.17) is 15.7 Å². The molecule has 0 fully saturated rings. The molecule has 1 atom stereocenters. The van der Waals surface area contributed by atoms with Crippen molar-refractivity contribution in [1.29, 1.82) is 5.26 Å². The first-order chi connectivity index (χ1) is 7.19. The molecule has 2 N–H and O–H groups in total. The predicted octanol–water partition coefficient (Wildman–Crippen LogP) is -0.335. The average Bonchev–Trinajstić information content (AvgIpc) is 2.25. The lowest BCUT2D eigenvalue weighted by molar-refractivity contribution is 0.323. The van der Waals surface area contributed by atoms with Crippen molar-refractivity contribution in [3.63, 3.8) is 0 Å². The minimum Gasteiger partial charge on any atom is -0.490 e. The largest absolute Gasteiger partial charge is 0.490 e. The fraction of sp³-hybridized carbons (Fsp3) is 0.444. The summed E-state index contributed by atoms with van der Waals surface area (Å²) < 4.78 is 6.21. The number of rotatable bonds is 4. The quantitative estimate of drug-likeness (QED) is 0.730. The van der Waals surface area contributed by atoms with Crippen molar-refractivity contribution in [3.05, 3.63) is 22.6 Å². The maximum absolute atomic E-state index is 11.4. The summed E-state index contributed by atoms with van der Waals surface area (Å²) in [6.45, 7) is 2.30. The Hall–Kier alpha value is -1.87. The highest BCUT2D eigenvalue weighted by molar-refractivity contribution is 5.14. The van der Waals surface area contributed by atoms with Gasteiger partial charge in [-0.2, -0.15) is 10.4 Å². The van der Waals surface area contributed by atoms with Gasteiger partial charge in [0.15, 0.2) is 0 Å². The van der Waals surface area contributed by atoms with Crippen LogP contribution in [0.25, 0.3) is 0 Å². The second kappa shape index (κ2) is 5.12. The van der Waals surface area contributed by atoms with Crippen LogP contribution in [0.1, 0.15) is 13.0 Å². The molecule has 0 radical (unpaired) electrons. The van der Waals surface area contributed by atoms with Crippen molar-refractivity contribution in [1.82, 2.24) is 9.78 Å². The summed E-state index contributed by atoms with van der Waals surface area (Å²) in [5.41, 5.74) is 4.88. The van der Waals surface area contributed by atoms with Crippen molar-refractivity contribution in [2.24, 2.45) is 5.73 Å². The van der Waals surface area contributed by atoms with Crippen LogP contribution in [0.2, 0.25) is 0 Å². The summed E-state index contributed by atoms with van der Waals surface area (Å²) >= 11 is 0. The van der Waals surface area contributed by atoms with Crippen LogP contribution in [0, 0.1) is 11.3 Å². The minimum atomic E-state index is -0.582. The zero-order valence-corrected chi connectivity index (χ0v) is 8.38. The van der Waals surface area contributed by atoms with Gasteiger partial charge in [-0.15, -0.1) is 0 Å². The lowest BCUT2D eigenvalue weighted by atomic mass is 10.4. The van der Waals surface area contributed by atoms with Crippen molar-refractivity contribution in [2.75, 3.05) is 13.2 Å². The first-order valence-electron chi connectivity index (χ1n) is 4.50. The van der Waals surface area contributed by atoms with Gasteiger partial charge in [-0.1, -0.05) is 0 Å². The van der Waals surface area contributed by atoms with Crippen LogP contribution in [0.5, 0.6) is 5.75 Å². The monoisotopic (exact) mass is 208 g/mol. The SMILES string of the molecule is CC(C#N)n1ncc(OCCN)cc1=O. The van der Waals surface area contributed by atoms with E-state index in [0.717, 1.165) is 4.68 Å². The summed E-state index contributed by atoms with van der Waals surface area (Å²) in [7, 11) is 0. The third kappa shape index (κ3) is 2.79. The summed E-state index contributed by atoms with van der Waals surface area (Å²) in [5, 5.41) is 12.4. The smallest absolute Gasteiger partial charge is 0.271 e. The second-order valence-electron chi connectivity index (χ2n) is 2.92. The minimum absolute atomic E-state index is 0.332. The molecule has 0 bridgehead atoms. The Bertz CT molecular complexity index is 421. The molecular formula is C9H12N4O2. The molecule has 0 saturated carbocycles. The Balaban J connectivity index is 2.90. The van der Waals surface area contributed by atoms with Gasteiger partial charge in [0.1, 0.15) is 18.4 Å². The summed E-state index contributed by atoms with van der Waals surface area (Å²) in [5.74, 6) is 0.367. The number of nitrogens with two attached hydrogens (primary N) is 1. The van der Waals surface area contributed by atoms with E-state index in [1.54, 1.807) is 6.92 Å². The van der Waals surface area contributed by atoms with Crippen LogP contribution < -0.4 is 16.0 Å². The van der Waals surface area contributed by atoms with Crippen LogP contribution in [0.15, 0.2) is 17.1 Å². The molecule has 0 spiro atoms. The van der Waals surface area contributed by atoms with Gasteiger partial charge in [0, 0.05) is 12.6 Å². The third-order valence-corrected chi connectivity index (χ3v) is 1.74. The Kier molecular flexibility index (Phi) is 3.83. The molecule has 1 aromatic rings. The highest BCUT2D eigenvalue weighted by Crippen LogP contribution is 2.05. The van der Waals surface area contributed by atoms with Gasteiger partial charge in [-0.3, -0.25) is 4.79 Å². The van der Waals surface area contributed by atoms with Gasteiger partial charge < -0.3 is 10.5 Å². The lowest BCUT2D eigenvalue weighted by Gasteiger charge is -2.07. The molecule has 15 heavy (non-hydrogen) atoms. The van der Waals surface area contributed by atoms with E-state index in [9.17, 15) is 4.79 Å². The van der Waals surface area contributed by atoms with E-state index in [-0.39, 0.29) is 5.56 Å². The summed E-state index contributed by atoms with van der Waals surface area (Å²) in [6, 6.07) is 2.63. The van der Waals surface area contributed by atoms with Gasteiger partial charge >= 0.3 is 0 Å². The van der Waals surface area contributed by atoms with Crippen LogP contribution in [-0.4, -0.2) is 22.9 Å². The predicted molar refractivity (Wildman–Crippen MR) is 53.4 cm³/mol. The number of nitrogens with zero attached hydrogens (tertiary/aromatic N) is 3. The standard InChI is InChI=1S/C9H12N4O2/c1-7(5-11)13-9(14)4-8(6-12-13)15-3-2-10/h4,6-7H,2-3,10H2,1H3. The average molecular weight is 208 g/mol. The third-order valence-electron chi connectivity index (χ3n) is 1.74. The zero-order valence-electron chi connectivity index (χ0n) is 8.38. The number of hydrogen-bond acceptors (Lipinski definition) is 5. The molecule has 6 nitrogen and oxygen atoms in total. The van der Waals surface area contributed by atoms with Crippen molar-refractivity contribution < 1.29 is 4.74 Å². The highest BCUT2D eigenvalue weighted by atomic mass is 16.5. The molecule has 1 aromatic heterocycles. The zero-order chi connectivity index (χ0) is 11.3. The summed E-state index contributed by atoms with van der Waals surface area (Å²) in [6.07, 6.45) is 1.39. The molecule has 0 aliphatic heterocycles. The first kappa shape index (κ1) is 11.2. The number of hydrogen-bond donors (Lipinski definition) is 1. The van der Waals surface area contributed by atoms with E-state index in [1.165, 1.54) is 12.3 Å². The Labute approximate surface area is 86.9 Å². The van der Waals surface area contributed by atoms with Gasteiger partial charge in [-0.25, -0.2) is 4.68 Å².